The van der Waals surface area contributed by atoms with E-state index < -0.39 is 0 Å². The van der Waals surface area contributed by atoms with Crippen LogP contribution >= 0.6 is 11.6 Å². The highest BCUT2D eigenvalue weighted by Gasteiger charge is 2.14. The quantitative estimate of drug-likeness (QED) is 0.629. The van der Waals surface area contributed by atoms with Crippen LogP contribution in [0.25, 0.3) is 0 Å². The molecule has 3 nitrogen and oxygen atoms in total. The highest BCUT2D eigenvalue weighted by atomic mass is 35.5. The zero-order chi connectivity index (χ0) is 7.68. The SMILES string of the molecule is ClCc1[nH]nc2c1CCCN2. The summed E-state index contributed by atoms with van der Waals surface area (Å²) in [4.78, 5) is 0. The normalized spacial score (nSPS) is 15.7. The first-order valence-electron chi connectivity index (χ1n) is 3.78. The van der Waals surface area contributed by atoms with Gasteiger partial charge in [0.15, 0.2) is 5.82 Å². The monoisotopic (exact) mass is 171 g/mol. The maximum absolute atomic E-state index is 5.71. The van der Waals surface area contributed by atoms with Crippen LogP contribution in [0.4, 0.5) is 5.82 Å². The molecule has 0 amide bonds. The van der Waals surface area contributed by atoms with Crippen molar-refractivity contribution in [3.8, 4) is 0 Å². The molecule has 0 bridgehead atoms. The van der Waals surface area contributed by atoms with Gasteiger partial charge in [-0.2, -0.15) is 5.10 Å². The van der Waals surface area contributed by atoms with Gasteiger partial charge in [0.05, 0.1) is 11.6 Å². The first-order chi connectivity index (χ1) is 5.42. The molecule has 0 saturated carbocycles. The fraction of sp³-hybridized carbons (Fsp3) is 0.571. The third-order valence-electron chi connectivity index (χ3n) is 1.98. The van der Waals surface area contributed by atoms with Crippen molar-refractivity contribution in [1.29, 1.82) is 0 Å². The average Bonchev–Trinajstić information content (AvgIpc) is 2.47. The smallest absolute Gasteiger partial charge is 0.151 e. The number of halogens is 1. The molecule has 2 rings (SSSR count). The first-order valence-corrected chi connectivity index (χ1v) is 4.31. The van der Waals surface area contributed by atoms with E-state index in [1.165, 1.54) is 12.0 Å². The van der Waals surface area contributed by atoms with Gasteiger partial charge in [-0.1, -0.05) is 0 Å². The summed E-state index contributed by atoms with van der Waals surface area (Å²) >= 11 is 5.71. The number of hydrogen-bond donors (Lipinski definition) is 2. The molecule has 1 aliphatic heterocycles. The van der Waals surface area contributed by atoms with Gasteiger partial charge in [0.2, 0.25) is 0 Å². The number of fused-ring (bicyclic) bond motifs is 1. The van der Waals surface area contributed by atoms with Gasteiger partial charge in [0, 0.05) is 12.1 Å². The Morgan fingerprint density at radius 1 is 1.55 bits per heavy atom. The summed E-state index contributed by atoms with van der Waals surface area (Å²) in [6, 6.07) is 0. The molecular weight excluding hydrogens is 162 g/mol. The third-order valence-corrected chi connectivity index (χ3v) is 2.25. The van der Waals surface area contributed by atoms with Gasteiger partial charge in [0.1, 0.15) is 0 Å². The summed E-state index contributed by atoms with van der Waals surface area (Å²) in [5, 5.41) is 10.2. The van der Waals surface area contributed by atoms with Crippen LogP contribution in [0, 0.1) is 0 Å². The molecular formula is C7H10ClN3. The minimum Gasteiger partial charge on any atom is -0.368 e. The van der Waals surface area contributed by atoms with Gasteiger partial charge >= 0.3 is 0 Å². The second-order valence-electron chi connectivity index (χ2n) is 2.69. The summed E-state index contributed by atoms with van der Waals surface area (Å²) in [7, 11) is 0. The predicted octanol–water partition coefficient (Wildman–Crippen LogP) is 1.51. The van der Waals surface area contributed by atoms with Gasteiger partial charge in [0.25, 0.3) is 0 Å². The van der Waals surface area contributed by atoms with E-state index in [0.29, 0.717) is 5.88 Å². The molecule has 1 aliphatic rings. The zero-order valence-electron chi connectivity index (χ0n) is 6.15. The van der Waals surface area contributed by atoms with Crippen molar-refractivity contribution in [3.05, 3.63) is 11.3 Å². The van der Waals surface area contributed by atoms with Crippen LogP contribution in [0.5, 0.6) is 0 Å². The maximum Gasteiger partial charge on any atom is 0.151 e. The lowest BCUT2D eigenvalue weighted by Crippen LogP contribution is -2.11. The fourth-order valence-electron chi connectivity index (χ4n) is 1.40. The number of nitrogens with zero attached hydrogens (tertiary/aromatic N) is 1. The first kappa shape index (κ1) is 6.98. The van der Waals surface area contributed by atoms with E-state index in [4.69, 9.17) is 11.6 Å². The summed E-state index contributed by atoms with van der Waals surface area (Å²) in [6.07, 6.45) is 2.28. The topological polar surface area (TPSA) is 40.7 Å². The summed E-state index contributed by atoms with van der Waals surface area (Å²) in [5.74, 6) is 1.52. The maximum atomic E-state index is 5.71. The molecule has 0 aliphatic carbocycles. The van der Waals surface area contributed by atoms with Crippen LogP contribution in [0.2, 0.25) is 0 Å². The van der Waals surface area contributed by atoms with E-state index >= 15 is 0 Å². The molecule has 60 valence electrons. The summed E-state index contributed by atoms with van der Waals surface area (Å²) < 4.78 is 0. The minimum atomic E-state index is 0.532. The molecule has 1 aromatic rings. The molecule has 0 saturated heterocycles. The molecule has 2 N–H and O–H groups in total. The molecule has 4 heteroatoms. The molecule has 0 aromatic carbocycles. The number of H-pyrrole nitrogens is 1. The van der Waals surface area contributed by atoms with Gasteiger partial charge in [-0.15, -0.1) is 11.6 Å². The Kier molecular flexibility index (Phi) is 1.74. The third kappa shape index (κ3) is 1.09. The molecule has 11 heavy (non-hydrogen) atoms. The lowest BCUT2D eigenvalue weighted by Gasteiger charge is -2.11. The van der Waals surface area contributed by atoms with E-state index in [1.807, 2.05) is 0 Å². The largest absolute Gasteiger partial charge is 0.368 e. The standard InChI is InChI=1S/C7H10ClN3/c8-4-6-5-2-1-3-9-7(5)11-10-6/h1-4H2,(H2,9,10,11). The van der Waals surface area contributed by atoms with Crippen LogP contribution in [-0.4, -0.2) is 16.7 Å². The van der Waals surface area contributed by atoms with Crippen LogP contribution in [0.15, 0.2) is 0 Å². The van der Waals surface area contributed by atoms with E-state index in [2.05, 4.69) is 15.5 Å². The number of alkyl halides is 1. The van der Waals surface area contributed by atoms with Crippen molar-refractivity contribution < 1.29 is 0 Å². The van der Waals surface area contributed by atoms with E-state index in [-0.39, 0.29) is 0 Å². The Morgan fingerprint density at radius 3 is 3.27 bits per heavy atom. The molecule has 0 fully saturated rings. The summed E-state index contributed by atoms with van der Waals surface area (Å²) in [6.45, 7) is 1.03. The predicted molar refractivity (Wildman–Crippen MR) is 45.0 cm³/mol. The number of anilines is 1. The van der Waals surface area contributed by atoms with Gasteiger partial charge in [-0.25, -0.2) is 0 Å². The van der Waals surface area contributed by atoms with Gasteiger partial charge in [-0.05, 0) is 12.8 Å². The fourth-order valence-corrected chi connectivity index (χ4v) is 1.62. The Balaban J connectivity index is 2.38. The van der Waals surface area contributed by atoms with E-state index in [9.17, 15) is 0 Å². The second-order valence-corrected chi connectivity index (χ2v) is 2.96. The van der Waals surface area contributed by atoms with Crippen LogP contribution in [-0.2, 0) is 12.3 Å². The number of rotatable bonds is 1. The number of hydrogen-bond acceptors (Lipinski definition) is 2. The lowest BCUT2D eigenvalue weighted by molar-refractivity contribution is 0.823. The molecule has 2 heterocycles. The number of aromatic amines is 1. The van der Waals surface area contributed by atoms with E-state index in [1.54, 1.807) is 0 Å². The molecule has 0 spiro atoms. The summed E-state index contributed by atoms with van der Waals surface area (Å²) in [5.41, 5.74) is 2.33. The van der Waals surface area contributed by atoms with Crippen molar-refractivity contribution in [1.82, 2.24) is 10.2 Å². The molecule has 0 unspecified atom stereocenters. The molecule has 1 aromatic heterocycles. The Hall–Kier alpha value is -0.700. The number of aromatic nitrogens is 2. The van der Waals surface area contributed by atoms with E-state index in [0.717, 1.165) is 24.5 Å². The van der Waals surface area contributed by atoms with Gasteiger partial charge < -0.3 is 5.32 Å². The highest BCUT2D eigenvalue weighted by Crippen LogP contribution is 2.22. The second kappa shape index (κ2) is 2.74. The Labute approximate surface area is 70.1 Å². The van der Waals surface area contributed by atoms with Crippen LogP contribution < -0.4 is 5.32 Å². The number of nitrogens with one attached hydrogen (secondary N) is 2. The van der Waals surface area contributed by atoms with Crippen molar-refractivity contribution in [2.45, 2.75) is 18.7 Å². The van der Waals surface area contributed by atoms with Crippen molar-refractivity contribution in [3.63, 3.8) is 0 Å². The van der Waals surface area contributed by atoms with Crippen molar-refractivity contribution in [2.24, 2.45) is 0 Å². The van der Waals surface area contributed by atoms with Crippen LogP contribution in [0.3, 0.4) is 0 Å². The minimum absolute atomic E-state index is 0.532. The van der Waals surface area contributed by atoms with Crippen molar-refractivity contribution >= 4 is 17.4 Å². The lowest BCUT2D eigenvalue weighted by atomic mass is 10.1. The Bertz CT molecular complexity index is 243. The highest BCUT2D eigenvalue weighted by molar-refractivity contribution is 6.17. The average molecular weight is 172 g/mol. The molecule has 0 radical (unpaired) electrons. The van der Waals surface area contributed by atoms with Gasteiger partial charge in [-0.3, -0.25) is 5.10 Å². The molecule has 0 atom stereocenters. The Morgan fingerprint density at radius 2 is 2.45 bits per heavy atom. The van der Waals surface area contributed by atoms with Crippen molar-refractivity contribution in [2.75, 3.05) is 11.9 Å². The van der Waals surface area contributed by atoms with Crippen LogP contribution in [0.1, 0.15) is 17.7 Å². The zero-order valence-corrected chi connectivity index (χ0v) is 6.91.